The van der Waals surface area contributed by atoms with Gasteiger partial charge in [0.25, 0.3) is 0 Å². The number of rotatable bonds is 0. The molecule has 0 saturated carbocycles. The van der Waals surface area contributed by atoms with Crippen LogP contribution in [-0.2, 0) is 5.41 Å². The predicted molar refractivity (Wildman–Crippen MR) is 66.2 cm³/mol. The monoisotopic (exact) mass is 223 g/mol. The van der Waals surface area contributed by atoms with Crippen LogP contribution in [-0.4, -0.2) is 10.8 Å². The number of carbonyl (C=O) groups is 1. The van der Waals surface area contributed by atoms with Gasteiger partial charge in [-0.15, -0.1) is 0 Å². The van der Waals surface area contributed by atoms with E-state index < -0.39 is 0 Å². The first-order valence-electron chi connectivity index (χ1n) is 5.71. The number of fused-ring (bicyclic) bond motifs is 2. The van der Waals surface area contributed by atoms with Crippen molar-refractivity contribution in [3.8, 4) is 0 Å². The summed E-state index contributed by atoms with van der Waals surface area (Å²) in [6.07, 6.45) is 3.43. The highest BCUT2D eigenvalue weighted by molar-refractivity contribution is 6.12. The molecule has 0 radical (unpaired) electrons. The van der Waals surface area contributed by atoms with Crippen molar-refractivity contribution in [1.82, 2.24) is 4.98 Å². The van der Waals surface area contributed by atoms with E-state index in [9.17, 15) is 4.79 Å². The first-order valence-corrected chi connectivity index (χ1v) is 5.71. The predicted octanol–water partition coefficient (Wildman–Crippen LogP) is 2.95. The Morgan fingerprint density at radius 2 is 1.71 bits per heavy atom. The number of carbonyl (C=O) groups excluding carboxylic acids is 1. The van der Waals surface area contributed by atoms with E-state index in [2.05, 4.69) is 18.8 Å². The van der Waals surface area contributed by atoms with Gasteiger partial charge in [0, 0.05) is 28.9 Å². The quantitative estimate of drug-likeness (QED) is 0.687. The van der Waals surface area contributed by atoms with Crippen LogP contribution in [0.2, 0.25) is 0 Å². The van der Waals surface area contributed by atoms with Crippen molar-refractivity contribution in [3.05, 3.63) is 65.0 Å². The van der Waals surface area contributed by atoms with E-state index in [4.69, 9.17) is 0 Å². The first kappa shape index (κ1) is 10.2. The maximum absolute atomic E-state index is 12.4. The van der Waals surface area contributed by atoms with Gasteiger partial charge in [0.1, 0.15) is 0 Å². The average Bonchev–Trinajstić information content (AvgIpc) is 2.37. The highest BCUT2D eigenvalue weighted by Gasteiger charge is 2.36. The summed E-state index contributed by atoms with van der Waals surface area (Å²) in [6, 6.07) is 9.78. The van der Waals surface area contributed by atoms with E-state index in [0.717, 1.165) is 22.3 Å². The summed E-state index contributed by atoms with van der Waals surface area (Å²) in [5.41, 5.74) is 3.57. The smallest absolute Gasteiger partial charge is 0.195 e. The Balaban J connectivity index is 2.38. The molecule has 1 aliphatic rings. The molecule has 1 aromatic heterocycles. The van der Waals surface area contributed by atoms with Crippen LogP contribution in [0.25, 0.3) is 0 Å². The van der Waals surface area contributed by atoms with E-state index in [1.54, 1.807) is 12.4 Å². The third kappa shape index (κ3) is 1.27. The van der Waals surface area contributed by atoms with Gasteiger partial charge in [-0.25, -0.2) is 0 Å². The summed E-state index contributed by atoms with van der Waals surface area (Å²) in [5.74, 6) is 0.0861. The lowest BCUT2D eigenvalue weighted by molar-refractivity contribution is 0.103. The Morgan fingerprint density at radius 1 is 1.00 bits per heavy atom. The number of benzene rings is 1. The van der Waals surface area contributed by atoms with E-state index in [1.807, 2.05) is 30.3 Å². The molecule has 0 spiro atoms. The number of pyridine rings is 1. The second-order valence-corrected chi connectivity index (χ2v) is 4.92. The number of hydrogen-bond acceptors (Lipinski definition) is 2. The van der Waals surface area contributed by atoms with Crippen molar-refractivity contribution < 1.29 is 4.79 Å². The molecule has 0 amide bonds. The Labute approximate surface area is 100 Å². The fourth-order valence-electron chi connectivity index (χ4n) is 2.64. The average molecular weight is 223 g/mol. The van der Waals surface area contributed by atoms with Crippen LogP contribution < -0.4 is 0 Å². The molecule has 2 nitrogen and oxygen atoms in total. The Hall–Kier alpha value is -1.96. The molecule has 2 aromatic rings. The lowest BCUT2D eigenvalue weighted by Gasteiger charge is -2.33. The molecule has 0 aliphatic heterocycles. The lowest BCUT2D eigenvalue weighted by Crippen LogP contribution is -2.30. The van der Waals surface area contributed by atoms with Gasteiger partial charge < -0.3 is 0 Å². The molecule has 0 unspecified atom stereocenters. The molecule has 0 N–H and O–H groups in total. The topological polar surface area (TPSA) is 30.0 Å². The minimum atomic E-state index is -0.136. The third-order valence-corrected chi connectivity index (χ3v) is 3.58. The second-order valence-electron chi connectivity index (χ2n) is 4.92. The number of aromatic nitrogens is 1. The highest BCUT2D eigenvalue weighted by Crippen LogP contribution is 2.40. The van der Waals surface area contributed by atoms with Crippen LogP contribution in [0.1, 0.15) is 40.9 Å². The van der Waals surface area contributed by atoms with Crippen LogP contribution in [0.15, 0.2) is 42.7 Å². The molecule has 0 atom stereocenters. The molecule has 1 aromatic carbocycles. The van der Waals surface area contributed by atoms with Gasteiger partial charge in [-0.3, -0.25) is 9.78 Å². The largest absolute Gasteiger partial charge is 0.289 e. The molecule has 0 bridgehead atoms. The maximum atomic E-state index is 12.4. The molecule has 3 rings (SSSR count). The SMILES string of the molecule is CC1(C)c2ccccc2C(=O)c2cnccc21. The first-order chi connectivity index (χ1) is 8.12. The molecule has 0 saturated heterocycles. The summed E-state index contributed by atoms with van der Waals surface area (Å²) in [7, 11) is 0. The highest BCUT2D eigenvalue weighted by atomic mass is 16.1. The summed E-state index contributed by atoms with van der Waals surface area (Å²) in [6.45, 7) is 4.30. The van der Waals surface area contributed by atoms with Crippen molar-refractivity contribution in [1.29, 1.82) is 0 Å². The van der Waals surface area contributed by atoms with Crippen molar-refractivity contribution in [2.45, 2.75) is 19.3 Å². The zero-order valence-electron chi connectivity index (χ0n) is 9.90. The molecule has 17 heavy (non-hydrogen) atoms. The molecule has 2 heteroatoms. The van der Waals surface area contributed by atoms with E-state index in [1.165, 1.54) is 0 Å². The van der Waals surface area contributed by atoms with Gasteiger partial charge in [-0.05, 0) is 17.2 Å². The Kier molecular flexibility index (Phi) is 1.96. The van der Waals surface area contributed by atoms with Gasteiger partial charge in [0.15, 0.2) is 5.78 Å². The van der Waals surface area contributed by atoms with Crippen LogP contribution in [0, 0.1) is 0 Å². The zero-order valence-corrected chi connectivity index (χ0v) is 9.90. The summed E-state index contributed by atoms with van der Waals surface area (Å²) >= 11 is 0. The second kappa shape index (κ2) is 3.27. The van der Waals surface area contributed by atoms with Gasteiger partial charge in [0.05, 0.1) is 0 Å². The van der Waals surface area contributed by atoms with Crippen LogP contribution >= 0.6 is 0 Å². The molecule has 1 aliphatic carbocycles. The number of nitrogens with zero attached hydrogens (tertiary/aromatic N) is 1. The zero-order chi connectivity index (χ0) is 12.0. The van der Waals surface area contributed by atoms with Crippen molar-refractivity contribution in [2.75, 3.05) is 0 Å². The molecular weight excluding hydrogens is 210 g/mol. The molecule has 1 heterocycles. The van der Waals surface area contributed by atoms with Crippen LogP contribution in [0.3, 0.4) is 0 Å². The van der Waals surface area contributed by atoms with E-state index in [-0.39, 0.29) is 11.2 Å². The van der Waals surface area contributed by atoms with Crippen molar-refractivity contribution >= 4 is 5.78 Å². The fraction of sp³-hybridized carbons (Fsp3) is 0.200. The molecule has 0 fully saturated rings. The third-order valence-electron chi connectivity index (χ3n) is 3.58. The lowest BCUT2D eigenvalue weighted by atomic mass is 9.69. The maximum Gasteiger partial charge on any atom is 0.195 e. The van der Waals surface area contributed by atoms with Gasteiger partial charge in [-0.2, -0.15) is 0 Å². The van der Waals surface area contributed by atoms with E-state index in [0.29, 0.717) is 0 Å². The van der Waals surface area contributed by atoms with Crippen LogP contribution in [0.4, 0.5) is 0 Å². The number of hydrogen-bond donors (Lipinski definition) is 0. The Bertz CT molecular complexity index is 562. The minimum absolute atomic E-state index is 0.0861. The summed E-state index contributed by atoms with van der Waals surface area (Å²) in [4.78, 5) is 16.4. The molecular formula is C15H13NO. The fourth-order valence-corrected chi connectivity index (χ4v) is 2.64. The molecule has 84 valence electrons. The van der Waals surface area contributed by atoms with Gasteiger partial charge in [-0.1, -0.05) is 38.1 Å². The van der Waals surface area contributed by atoms with Gasteiger partial charge in [0.2, 0.25) is 0 Å². The number of ketones is 1. The normalized spacial score (nSPS) is 16.2. The van der Waals surface area contributed by atoms with Crippen molar-refractivity contribution in [3.63, 3.8) is 0 Å². The van der Waals surface area contributed by atoms with Gasteiger partial charge >= 0.3 is 0 Å². The van der Waals surface area contributed by atoms with Crippen molar-refractivity contribution in [2.24, 2.45) is 0 Å². The summed E-state index contributed by atoms with van der Waals surface area (Å²) in [5, 5.41) is 0. The van der Waals surface area contributed by atoms with Crippen LogP contribution in [0.5, 0.6) is 0 Å². The summed E-state index contributed by atoms with van der Waals surface area (Å²) < 4.78 is 0. The standard InChI is InChI=1S/C15H13NO/c1-15(2)12-6-4-3-5-10(12)14(17)11-9-16-8-7-13(11)15/h3-9H,1-2H3. The Morgan fingerprint density at radius 3 is 2.53 bits per heavy atom. The minimum Gasteiger partial charge on any atom is -0.289 e. The van der Waals surface area contributed by atoms with E-state index >= 15 is 0 Å².